The zero-order valence-electron chi connectivity index (χ0n) is 31.2. The Kier molecular flexibility index (Phi) is 29.6. The quantitative estimate of drug-likeness (QED) is 0.0430. The molecule has 0 aromatic heterocycles. The summed E-state index contributed by atoms with van der Waals surface area (Å²) in [5.74, 6) is 1.48. The second-order valence-electron chi connectivity index (χ2n) is 14.6. The number of amidine groups is 1. The van der Waals surface area contributed by atoms with Gasteiger partial charge in [0.2, 0.25) is 0 Å². The van der Waals surface area contributed by atoms with Crippen molar-refractivity contribution in [2.45, 2.75) is 213 Å². The topological polar surface area (TPSA) is 38.4 Å². The van der Waals surface area contributed by atoms with E-state index in [1.807, 2.05) is 0 Å². The van der Waals surface area contributed by atoms with Gasteiger partial charge in [-0.05, 0) is 77.6 Å². The second kappa shape index (κ2) is 31.7. The number of aliphatic imine (C=N–C) groups is 1. The molecule has 1 aliphatic heterocycles. The van der Waals surface area contributed by atoms with Gasteiger partial charge in [0.05, 0.1) is 13.1 Å². The molecule has 0 fully saturated rings. The van der Waals surface area contributed by atoms with Crippen molar-refractivity contribution >= 4 is 5.84 Å². The van der Waals surface area contributed by atoms with Crippen molar-refractivity contribution in [1.29, 1.82) is 0 Å². The van der Waals surface area contributed by atoms with Gasteiger partial charge in [-0.1, -0.05) is 147 Å². The van der Waals surface area contributed by atoms with Crippen molar-refractivity contribution in [3.8, 4) is 0 Å². The fourth-order valence-corrected chi connectivity index (χ4v) is 7.32. The number of hydrogen-bond donors (Lipinski definition) is 1. The Bertz CT molecular complexity index is 711. The SMILES string of the molecule is CCCCCCCC/C=C\CCCCCCCCC1=NC(C)C[N+]1(CCN)CCCCCCCC/C=C\CCCCCCCC. The standard InChI is InChI=1S/C42H82N3/c1-4-6-8-10-12-14-16-18-20-22-24-26-28-30-32-34-36-42-44-41(3)40-45(42,39-37-43)38-35-33-31-29-27-25-23-21-19-17-15-13-11-9-7-5-2/h18-21,41H,4-17,22-40,43H2,1-3H3/q+1/b20-18-,21-19-. The van der Waals surface area contributed by atoms with Crippen LogP contribution in [-0.4, -0.2) is 42.5 Å². The monoisotopic (exact) mass is 629 g/mol. The molecular weight excluding hydrogens is 546 g/mol. The molecule has 1 heterocycles. The number of unbranched alkanes of at least 4 members (excludes halogenated alkanes) is 24. The van der Waals surface area contributed by atoms with E-state index in [4.69, 9.17) is 10.7 Å². The van der Waals surface area contributed by atoms with Gasteiger partial charge in [-0.25, -0.2) is 4.99 Å². The molecular formula is C42H82N3+. The van der Waals surface area contributed by atoms with E-state index in [2.05, 4.69) is 45.1 Å². The third-order valence-corrected chi connectivity index (χ3v) is 10.1. The molecule has 1 aliphatic rings. The van der Waals surface area contributed by atoms with Crippen LogP contribution in [0.5, 0.6) is 0 Å². The number of allylic oxidation sites excluding steroid dienone is 4. The van der Waals surface area contributed by atoms with Gasteiger partial charge in [-0.15, -0.1) is 0 Å². The van der Waals surface area contributed by atoms with Crippen LogP contribution in [0, 0.1) is 0 Å². The minimum absolute atomic E-state index is 0.467. The van der Waals surface area contributed by atoms with Gasteiger partial charge < -0.3 is 5.73 Å². The minimum Gasteiger partial charge on any atom is -0.326 e. The van der Waals surface area contributed by atoms with Crippen LogP contribution in [0.1, 0.15) is 207 Å². The summed E-state index contributed by atoms with van der Waals surface area (Å²) in [6.07, 6.45) is 49.4. The Labute approximate surface area is 284 Å². The summed E-state index contributed by atoms with van der Waals surface area (Å²) < 4.78 is 1.10. The Morgan fingerprint density at radius 1 is 0.533 bits per heavy atom. The first-order chi connectivity index (χ1) is 22.2. The number of hydrogen-bond acceptors (Lipinski definition) is 2. The summed E-state index contributed by atoms with van der Waals surface area (Å²) in [4.78, 5) is 5.18. The van der Waals surface area contributed by atoms with E-state index in [1.165, 1.54) is 205 Å². The first kappa shape index (κ1) is 42.1. The van der Waals surface area contributed by atoms with Gasteiger partial charge in [0.1, 0.15) is 12.6 Å². The molecule has 0 saturated carbocycles. The summed E-state index contributed by atoms with van der Waals surface area (Å²) in [7, 11) is 0. The van der Waals surface area contributed by atoms with Gasteiger partial charge >= 0.3 is 0 Å². The Morgan fingerprint density at radius 3 is 1.33 bits per heavy atom. The van der Waals surface area contributed by atoms with Gasteiger partial charge in [0.25, 0.3) is 0 Å². The van der Waals surface area contributed by atoms with Crippen LogP contribution in [0.25, 0.3) is 0 Å². The molecule has 3 heteroatoms. The van der Waals surface area contributed by atoms with E-state index in [0.717, 1.165) is 17.6 Å². The molecule has 0 amide bonds. The Balaban J connectivity index is 2.09. The Hall–Kier alpha value is -0.930. The van der Waals surface area contributed by atoms with Crippen molar-refractivity contribution < 1.29 is 4.48 Å². The lowest BCUT2D eigenvalue weighted by Crippen LogP contribution is -2.54. The maximum Gasteiger partial charge on any atom is 0.198 e. The van der Waals surface area contributed by atoms with E-state index in [9.17, 15) is 0 Å². The number of quaternary nitrogens is 1. The maximum atomic E-state index is 6.17. The third-order valence-electron chi connectivity index (χ3n) is 10.1. The lowest BCUT2D eigenvalue weighted by molar-refractivity contribution is -0.837. The molecule has 3 nitrogen and oxygen atoms in total. The van der Waals surface area contributed by atoms with E-state index in [0.29, 0.717) is 6.04 Å². The smallest absolute Gasteiger partial charge is 0.198 e. The molecule has 45 heavy (non-hydrogen) atoms. The van der Waals surface area contributed by atoms with Gasteiger partial charge in [-0.2, -0.15) is 0 Å². The average molecular weight is 629 g/mol. The number of nitrogens with two attached hydrogens (primary N) is 1. The molecule has 0 spiro atoms. The van der Waals surface area contributed by atoms with Crippen molar-refractivity contribution in [3.05, 3.63) is 24.3 Å². The molecule has 0 bridgehead atoms. The molecule has 2 N–H and O–H groups in total. The molecule has 1 rings (SSSR count). The van der Waals surface area contributed by atoms with Crippen LogP contribution in [0.3, 0.4) is 0 Å². The van der Waals surface area contributed by atoms with Crippen molar-refractivity contribution in [2.24, 2.45) is 10.7 Å². The number of rotatable bonds is 34. The second-order valence-corrected chi connectivity index (χ2v) is 14.6. The van der Waals surface area contributed by atoms with E-state index in [1.54, 1.807) is 0 Å². The molecule has 0 aromatic carbocycles. The molecule has 0 aromatic rings. The highest BCUT2D eigenvalue weighted by Gasteiger charge is 2.39. The van der Waals surface area contributed by atoms with Crippen LogP contribution >= 0.6 is 0 Å². The van der Waals surface area contributed by atoms with Crippen LogP contribution < -0.4 is 5.73 Å². The fourth-order valence-electron chi connectivity index (χ4n) is 7.32. The summed E-state index contributed by atoms with van der Waals surface area (Å²) in [5, 5.41) is 0. The lowest BCUT2D eigenvalue weighted by Gasteiger charge is -2.35. The summed E-state index contributed by atoms with van der Waals surface area (Å²) in [6, 6.07) is 0.467. The largest absolute Gasteiger partial charge is 0.326 e. The lowest BCUT2D eigenvalue weighted by atomic mass is 10.1. The van der Waals surface area contributed by atoms with Crippen LogP contribution in [-0.2, 0) is 0 Å². The van der Waals surface area contributed by atoms with Crippen LogP contribution in [0.2, 0.25) is 0 Å². The highest BCUT2D eigenvalue weighted by molar-refractivity contribution is 5.77. The van der Waals surface area contributed by atoms with Gasteiger partial charge in [0, 0.05) is 13.0 Å². The zero-order chi connectivity index (χ0) is 32.5. The van der Waals surface area contributed by atoms with Crippen molar-refractivity contribution in [2.75, 3.05) is 26.2 Å². The van der Waals surface area contributed by atoms with Crippen LogP contribution in [0.15, 0.2) is 29.3 Å². The van der Waals surface area contributed by atoms with E-state index < -0.39 is 0 Å². The molecule has 0 aliphatic carbocycles. The van der Waals surface area contributed by atoms with E-state index >= 15 is 0 Å². The van der Waals surface area contributed by atoms with E-state index in [-0.39, 0.29) is 0 Å². The normalized spacial score (nSPS) is 18.6. The maximum absolute atomic E-state index is 6.17. The predicted octanol–water partition coefficient (Wildman–Crippen LogP) is 13.0. The first-order valence-corrected chi connectivity index (χ1v) is 20.6. The van der Waals surface area contributed by atoms with Crippen molar-refractivity contribution in [3.63, 3.8) is 0 Å². The summed E-state index contributed by atoms with van der Waals surface area (Å²) in [5.41, 5.74) is 6.17. The third kappa shape index (κ3) is 24.0. The fraction of sp³-hybridized carbons (Fsp3) is 0.881. The highest BCUT2D eigenvalue weighted by Crippen LogP contribution is 2.25. The molecule has 2 unspecified atom stereocenters. The Morgan fingerprint density at radius 2 is 0.911 bits per heavy atom. The molecule has 264 valence electrons. The van der Waals surface area contributed by atoms with Gasteiger partial charge in [0.15, 0.2) is 5.84 Å². The predicted molar refractivity (Wildman–Crippen MR) is 204 cm³/mol. The average Bonchev–Trinajstić information content (AvgIpc) is 3.34. The summed E-state index contributed by atoms with van der Waals surface area (Å²) >= 11 is 0. The van der Waals surface area contributed by atoms with Gasteiger partial charge in [-0.3, -0.25) is 4.48 Å². The number of nitrogens with zero attached hydrogens (tertiary/aromatic N) is 2. The highest BCUT2D eigenvalue weighted by atomic mass is 15.4. The van der Waals surface area contributed by atoms with Crippen LogP contribution in [0.4, 0.5) is 0 Å². The molecule has 0 radical (unpaired) electrons. The van der Waals surface area contributed by atoms with Crippen molar-refractivity contribution in [1.82, 2.24) is 0 Å². The first-order valence-electron chi connectivity index (χ1n) is 20.6. The summed E-state index contributed by atoms with van der Waals surface area (Å²) in [6.45, 7) is 11.2. The zero-order valence-corrected chi connectivity index (χ0v) is 31.2. The minimum atomic E-state index is 0.467. The molecule has 2 atom stereocenters. The molecule has 0 saturated heterocycles.